The van der Waals surface area contributed by atoms with Gasteiger partial charge in [0.15, 0.2) is 5.82 Å². The van der Waals surface area contributed by atoms with Gasteiger partial charge in [-0.1, -0.05) is 13.0 Å². The Balaban J connectivity index is 0.000000211. The molecule has 152 valence electrons. The Morgan fingerprint density at radius 3 is 2.45 bits per heavy atom. The number of nitrogens with one attached hydrogen (secondary N) is 1. The Labute approximate surface area is 172 Å². The summed E-state index contributed by atoms with van der Waals surface area (Å²) in [5, 5.41) is 2.61. The fourth-order valence-corrected chi connectivity index (χ4v) is 3.28. The van der Waals surface area contributed by atoms with Crippen molar-refractivity contribution >= 4 is 18.0 Å². The normalized spacial score (nSPS) is 15.8. The number of amides is 1. The minimum atomic E-state index is 0. The van der Waals surface area contributed by atoms with E-state index in [2.05, 4.69) is 37.1 Å². The van der Waals surface area contributed by atoms with Gasteiger partial charge in [0.2, 0.25) is 12.4 Å². The molecule has 3 heterocycles. The van der Waals surface area contributed by atoms with E-state index < -0.39 is 0 Å². The second-order valence-electron chi connectivity index (χ2n) is 7.11. The highest BCUT2D eigenvalue weighted by Gasteiger charge is 2.17. The van der Waals surface area contributed by atoms with Gasteiger partial charge in [-0.25, -0.2) is 19.9 Å². The van der Waals surface area contributed by atoms with Crippen molar-refractivity contribution in [2.24, 2.45) is 5.92 Å². The van der Waals surface area contributed by atoms with E-state index >= 15 is 0 Å². The Hall–Kier alpha value is -3.35. The van der Waals surface area contributed by atoms with Gasteiger partial charge in [0.1, 0.15) is 0 Å². The van der Waals surface area contributed by atoms with Gasteiger partial charge in [-0.3, -0.25) is 4.79 Å². The van der Waals surface area contributed by atoms with Crippen molar-refractivity contribution in [1.82, 2.24) is 19.9 Å². The number of carbonyl (C=O) groups is 1. The molecule has 7 heteroatoms. The summed E-state index contributed by atoms with van der Waals surface area (Å²) in [4.78, 5) is 29.5. The molecule has 1 aliphatic heterocycles. The van der Waals surface area contributed by atoms with Gasteiger partial charge in [-0.15, -0.1) is 0 Å². The van der Waals surface area contributed by atoms with Crippen LogP contribution in [-0.2, 0) is 4.79 Å². The highest BCUT2D eigenvalue weighted by atomic mass is 16.1. The second-order valence-corrected chi connectivity index (χ2v) is 7.11. The quantitative estimate of drug-likeness (QED) is 0.676. The number of aromatic nitrogens is 4. The Morgan fingerprint density at radius 1 is 1.10 bits per heavy atom. The minimum Gasteiger partial charge on any atom is -0.341 e. The number of nitrogens with zero attached hydrogens (tertiary/aromatic N) is 5. The molecule has 1 amide bonds. The number of aryl methyl sites for hydroxylation is 1. The second kappa shape index (κ2) is 10.3. The zero-order chi connectivity index (χ0) is 20.5. The van der Waals surface area contributed by atoms with Crippen molar-refractivity contribution in [2.75, 3.05) is 23.3 Å². The number of carbonyl (C=O) groups excluding carboxylic acids is 1. The van der Waals surface area contributed by atoms with Gasteiger partial charge in [0.05, 0.1) is 0 Å². The van der Waals surface area contributed by atoms with Crippen LogP contribution >= 0.6 is 0 Å². The number of anilines is 2. The van der Waals surface area contributed by atoms with E-state index in [-0.39, 0.29) is 1.43 Å². The standard InChI is InChI=1S/C12H11N3O.C10H15N3.H2/c1-9-3-4-10(15-8-16)7-11(9)12-13-5-2-6-14-12;1-9-4-2-7-13(8-9)10-11-5-3-6-12-10;/h2-8H,1H3,(H,15,16);3,5-6,9H,2,4,7-8H2,1H3;1H/t;9-;/m.1./s1. The zero-order valence-corrected chi connectivity index (χ0v) is 16.8. The van der Waals surface area contributed by atoms with Crippen molar-refractivity contribution in [3.05, 3.63) is 60.7 Å². The highest BCUT2D eigenvalue weighted by molar-refractivity contribution is 5.75. The molecule has 7 nitrogen and oxygen atoms in total. The molecular weight excluding hydrogens is 364 g/mol. The summed E-state index contributed by atoms with van der Waals surface area (Å²) in [7, 11) is 0. The van der Waals surface area contributed by atoms with Crippen LogP contribution in [0.5, 0.6) is 0 Å². The fraction of sp³-hybridized carbons (Fsp3) is 0.318. The maximum absolute atomic E-state index is 10.4. The van der Waals surface area contributed by atoms with E-state index in [1.165, 1.54) is 12.8 Å². The third-order valence-corrected chi connectivity index (χ3v) is 4.76. The first-order valence-electron chi connectivity index (χ1n) is 9.77. The van der Waals surface area contributed by atoms with E-state index in [1.54, 1.807) is 18.5 Å². The van der Waals surface area contributed by atoms with E-state index in [9.17, 15) is 4.79 Å². The van der Waals surface area contributed by atoms with Gasteiger partial charge in [0.25, 0.3) is 0 Å². The van der Waals surface area contributed by atoms with Crippen LogP contribution in [0.25, 0.3) is 11.4 Å². The molecule has 2 aromatic heterocycles. The smallest absolute Gasteiger partial charge is 0.225 e. The highest BCUT2D eigenvalue weighted by Crippen LogP contribution is 2.23. The average molecular weight is 393 g/mol. The summed E-state index contributed by atoms with van der Waals surface area (Å²) in [5.74, 6) is 2.32. The third-order valence-electron chi connectivity index (χ3n) is 4.76. The van der Waals surface area contributed by atoms with Gasteiger partial charge >= 0.3 is 0 Å². The monoisotopic (exact) mass is 392 g/mol. The van der Waals surface area contributed by atoms with Crippen LogP contribution in [0.15, 0.2) is 55.1 Å². The van der Waals surface area contributed by atoms with Gasteiger partial charge in [-0.05, 0) is 55.5 Å². The largest absolute Gasteiger partial charge is 0.341 e. The summed E-state index contributed by atoms with van der Waals surface area (Å²) in [6, 6.07) is 9.26. The van der Waals surface area contributed by atoms with E-state index in [0.29, 0.717) is 12.2 Å². The van der Waals surface area contributed by atoms with Crippen molar-refractivity contribution in [1.29, 1.82) is 0 Å². The van der Waals surface area contributed by atoms with E-state index in [1.807, 2.05) is 43.6 Å². The summed E-state index contributed by atoms with van der Waals surface area (Å²) in [6.45, 7) is 6.48. The molecule has 4 rings (SSSR count). The first-order valence-corrected chi connectivity index (χ1v) is 9.77. The number of piperidine rings is 1. The average Bonchev–Trinajstić information content (AvgIpc) is 2.77. The molecule has 0 saturated carbocycles. The number of hydrogen-bond donors (Lipinski definition) is 1. The lowest BCUT2D eigenvalue weighted by atomic mass is 10.0. The van der Waals surface area contributed by atoms with E-state index in [0.717, 1.165) is 41.8 Å². The van der Waals surface area contributed by atoms with Crippen LogP contribution in [-0.4, -0.2) is 39.4 Å². The van der Waals surface area contributed by atoms with Crippen molar-refractivity contribution < 1.29 is 6.22 Å². The molecule has 0 radical (unpaired) electrons. The topological polar surface area (TPSA) is 83.9 Å². The first-order chi connectivity index (χ1) is 14.2. The molecule has 1 fully saturated rings. The molecular formula is C22H28N6O. The molecule has 29 heavy (non-hydrogen) atoms. The lowest BCUT2D eigenvalue weighted by Gasteiger charge is -2.30. The van der Waals surface area contributed by atoms with Crippen LogP contribution in [0.3, 0.4) is 0 Å². The summed E-state index contributed by atoms with van der Waals surface area (Å²) in [5.41, 5.74) is 2.73. The molecule has 0 bridgehead atoms. The molecule has 0 spiro atoms. The molecule has 3 aromatic rings. The minimum absolute atomic E-state index is 0. The van der Waals surface area contributed by atoms with Crippen LogP contribution in [0.4, 0.5) is 11.6 Å². The summed E-state index contributed by atoms with van der Waals surface area (Å²) >= 11 is 0. The lowest BCUT2D eigenvalue weighted by Crippen LogP contribution is -2.35. The summed E-state index contributed by atoms with van der Waals surface area (Å²) < 4.78 is 0. The third kappa shape index (κ3) is 5.81. The molecule has 0 unspecified atom stereocenters. The fourth-order valence-electron chi connectivity index (χ4n) is 3.28. The number of rotatable bonds is 4. The van der Waals surface area contributed by atoms with Gasteiger partial charge < -0.3 is 10.2 Å². The molecule has 0 aliphatic carbocycles. The van der Waals surface area contributed by atoms with Gasteiger partial charge in [-0.2, -0.15) is 0 Å². The maximum atomic E-state index is 10.4. The van der Waals surface area contributed by atoms with Crippen LogP contribution in [0.1, 0.15) is 26.8 Å². The molecule has 1 aromatic carbocycles. The van der Waals surface area contributed by atoms with Crippen LogP contribution in [0.2, 0.25) is 0 Å². The van der Waals surface area contributed by atoms with Crippen molar-refractivity contribution in [3.8, 4) is 11.4 Å². The molecule has 1 aliphatic rings. The lowest BCUT2D eigenvalue weighted by molar-refractivity contribution is -0.105. The van der Waals surface area contributed by atoms with E-state index in [4.69, 9.17) is 0 Å². The number of benzene rings is 1. The van der Waals surface area contributed by atoms with Crippen LogP contribution < -0.4 is 10.2 Å². The number of hydrogen-bond acceptors (Lipinski definition) is 6. The Morgan fingerprint density at radius 2 is 1.79 bits per heavy atom. The maximum Gasteiger partial charge on any atom is 0.225 e. The Bertz CT molecular complexity index is 910. The van der Waals surface area contributed by atoms with Crippen LogP contribution in [0, 0.1) is 12.8 Å². The van der Waals surface area contributed by atoms with Crippen molar-refractivity contribution in [2.45, 2.75) is 26.7 Å². The summed E-state index contributed by atoms with van der Waals surface area (Å²) in [6.07, 6.45) is 10.3. The predicted molar refractivity (Wildman–Crippen MR) is 117 cm³/mol. The molecule has 1 atom stereocenters. The predicted octanol–water partition coefficient (Wildman–Crippen LogP) is 3.98. The van der Waals surface area contributed by atoms with Crippen molar-refractivity contribution in [3.63, 3.8) is 0 Å². The SMILES string of the molecule is C[C@@H]1CCCN(c2ncccn2)C1.Cc1ccc(NC=O)cc1-c1ncccn1.[HH]. The molecule has 1 N–H and O–H groups in total. The Kier molecular flexibility index (Phi) is 7.22. The molecule has 1 saturated heterocycles. The zero-order valence-electron chi connectivity index (χ0n) is 16.8. The van der Waals surface area contributed by atoms with Gasteiger partial charge in [0, 0.05) is 50.6 Å². The first kappa shape index (κ1) is 20.4.